The summed E-state index contributed by atoms with van der Waals surface area (Å²) in [5, 5.41) is 9.42. The van der Waals surface area contributed by atoms with Crippen molar-refractivity contribution in [3.05, 3.63) is 328 Å². The Balaban J connectivity index is 0.000000282. The molecule has 0 aliphatic carbocycles. The van der Waals surface area contributed by atoms with Crippen LogP contribution in [-0.4, -0.2) is 67.5 Å². The molecule has 518 valence electrons. The van der Waals surface area contributed by atoms with Gasteiger partial charge < -0.3 is 50.3 Å². The van der Waals surface area contributed by atoms with Crippen LogP contribution in [0.4, 0.5) is 13.2 Å². The molecule has 13 heteroatoms. The highest BCUT2D eigenvalue weighted by Crippen LogP contribution is 2.34. The summed E-state index contributed by atoms with van der Waals surface area (Å²) in [5.74, 6) is 0.0274. The molecular weight excluding hydrogens is 1230 g/mol. The van der Waals surface area contributed by atoms with Gasteiger partial charge in [-0.3, -0.25) is 0 Å². The molecule has 98 heavy (non-hydrogen) atoms. The van der Waals surface area contributed by atoms with E-state index in [-0.39, 0.29) is 53.8 Å². The van der Waals surface area contributed by atoms with Crippen molar-refractivity contribution < 1.29 is 103 Å². The fourth-order valence-electron chi connectivity index (χ4n) is 7.99. The predicted octanol–water partition coefficient (Wildman–Crippen LogP) is 19.3. The van der Waals surface area contributed by atoms with Gasteiger partial charge in [0.25, 0.3) is 0 Å². The molecule has 10 aromatic carbocycles. The van der Waals surface area contributed by atoms with Crippen molar-refractivity contribution >= 4 is 0 Å². The minimum atomic E-state index is -5.36. The first kappa shape index (κ1) is 34.0. The molecule has 0 aromatic heterocycles. The number of ether oxygens (including phenoxy) is 5. The average molecular weight is 1380 g/mol. The Bertz CT molecular complexity index is 6040. The van der Waals surface area contributed by atoms with E-state index in [9.17, 15) is 13.2 Å². The lowest BCUT2D eigenvalue weighted by Crippen LogP contribution is -2.16. The smallest absolute Gasteiger partial charge is 0.416 e. The normalized spacial score (nSPS) is 21.5. The van der Waals surface area contributed by atoms with E-state index in [4.69, 9.17) is 89.5 Å². The van der Waals surface area contributed by atoms with E-state index in [1.54, 1.807) is 85.9 Å². The zero-order chi connectivity index (χ0) is 112. The zero-order valence-electron chi connectivity index (χ0n) is 101. The van der Waals surface area contributed by atoms with Gasteiger partial charge in [-0.05, 0) is 194 Å². The molecule has 0 aliphatic rings. The quantitative estimate of drug-likeness (QED) is 0.0299. The standard InChI is InChI=1S/C17H18F3NO.4C17H21NO/c1-21-12-11-16(13-5-3-2-4-6-13)22-15-9-7-14(8-10-15)17(18,19)20;4*1-14-8-6-7-11-16(14)19-17(12-13-18-2)15-9-4-3-5-10-15/h2-10,16,21H,11-12H2,1H3;4*3-11,17-18H,12-13H2,1-2H3/i1D3,2D,3D,4D,5D,6D,7D,8D,9D,10D,11D2,12D2;2D3,3D,4D,5D,9D,10D,12D2,13D2,17D;2D3,3D,4D,5D,9D,10D;2D3,12D2,13D2,17D;2D3. The van der Waals surface area contributed by atoms with E-state index in [0.29, 0.717) is 29.8 Å². The summed E-state index contributed by atoms with van der Waals surface area (Å²) in [6, 6.07) is 26.8. The number of benzene rings is 10. The largest absolute Gasteiger partial charge is 0.486 e. The molecule has 0 saturated heterocycles. The van der Waals surface area contributed by atoms with Gasteiger partial charge in [0.2, 0.25) is 0 Å². The van der Waals surface area contributed by atoms with Gasteiger partial charge in [-0.15, -0.1) is 0 Å². The second kappa shape index (κ2) is 44.6. The van der Waals surface area contributed by atoms with Crippen molar-refractivity contribution in [3.8, 4) is 28.7 Å². The number of nitrogens with one attached hydrogen (secondary N) is 5. The average Bonchev–Trinajstić information content (AvgIpc) is 0.711. The van der Waals surface area contributed by atoms with E-state index < -0.39 is 229 Å². The Hall–Kier alpha value is -9.21. The molecule has 5 N–H and O–H groups in total. The predicted molar refractivity (Wildman–Crippen MR) is 398 cm³/mol. The first-order valence-corrected chi connectivity index (χ1v) is 29.5. The monoisotopic (exact) mass is 1380 g/mol. The van der Waals surface area contributed by atoms with E-state index in [1.807, 2.05) is 80.6 Å². The molecule has 0 fully saturated rings. The lowest BCUT2D eigenvalue weighted by molar-refractivity contribution is -0.137. The maximum absolute atomic E-state index is 13.3. The summed E-state index contributed by atoms with van der Waals surface area (Å²) in [7, 11) is 0. The van der Waals surface area contributed by atoms with Crippen LogP contribution in [0, 0.1) is 27.7 Å². The highest BCUT2D eigenvalue weighted by Gasteiger charge is 2.30. The SMILES string of the molecule is [2H]C([2H])([2H])NC([2H])([2H])C([2H])([2H])C([2H])(Oc1ccccc1C)c1ccccc1.[2H]C([2H])([2H])NCCC(Oc1ccccc1C)c1ccccc1.[2H]c1c([2H])c([2H])c(C(CCNC([2H])([2H])[2H])Oc2ccccc2C)c([2H])c1[2H].[2H]c1c([2H])c([2H])c(C(Oc2c([2H])c([2H])c(C(F)(F)F)c([2H])c2[2H])C([2H])([2H])C([2H])([2H])NC([2H])([2H])[2H])c([2H])c1[2H].[2H]c1c([2H])c([2H])c(C([2H])(Oc2ccccc2C)C([2H])([2H])C([2H])([2H])NC([2H])([2H])[2H])c([2H])c1[2H]. The van der Waals surface area contributed by atoms with Gasteiger partial charge in [-0.25, -0.2) is 0 Å². The van der Waals surface area contributed by atoms with Gasteiger partial charge in [-0.1, -0.05) is 224 Å². The van der Waals surface area contributed by atoms with Gasteiger partial charge in [0.1, 0.15) is 59.2 Å². The minimum absolute atomic E-state index is 0.0107. The van der Waals surface area contributed by atoms with Crippen LogP contribution in [0.25, 0.3) is 0 Å². The Morgan fingerprint density at radius 1 is 0.357 bits per heavy atom. The second-order valence-corrected chi connectivity index (χ2v) is 19.8. The third-order valence-corrected chi connectivity index (χ3v) is 12.8. The third kappa shape index (κ3) is 28.1. The number of aryl methyl sites for hydroxylation is 4. The lowest BCUT2D eigenvalue weighted by Gasteiger charge is -2.20. The van der Waals surface area contributed by atoms with Crippen molar-refractivity contribution in [2.45, 2.75) is 96.3 Å². The van der Waals surface area contributed by atoms with Crippen molar-refractivity contribution in [1.29, 1.82) is 0 Å². The van der Waals surface area contributed by atoms with Crippen LogP contribution in [0.1, 0.15) is 184 Å². The molecule has 0 radical (unpaired) electrons. The molecule has 0 saturated carbocycles. The summed E-state index contributed by atoms with van der Waals surface area (Å²) in [6.07, 6.45) is -24.9. The summed E-state index contributed by atoms with van der Waals surface area (Å²) >= 11 is 0. The van der Waals surface area contributed by atoms with Crippen LogP contribution in [0.15, 0.2) is 273 Å². The summed E-state index contributed by atoms with van der Waals surface area (Å²) in [5.41, 5.74) is -0.111. The van der Waals surface area contributed by atoms with Gasteiger partial charge in [0, 0.05) is 69.0 Å². The van der Waals surface area contributed by atoms with Crippen LogP contribution in [0.5, 0.6) is 28.7 Å². The van der Waals surface area contributed by atoms with Crippen molar-refractivity contribution in [1.82, 2.24) is 26.6 Å². The minimum Gasteiger partial charge on any atom is -0.486 e. The summed E-state index contributed by atoms with van der Waals surface area (Å²) in [4.78, 5) is 0. The maximum atomic E-state index is 13.3. The Kier molecular flexibility index (Phi) is 15.5. The molecule has 0 amide bonds. The molecule has 5 unspecified atom stereocenters. The third-order valence-electron chi connectivity index (χ3n) is 12.8. The molecule has 5 atom stereocenters. The van der Waals surface area contributed by atoms with Crippen LogP contribution >= 0.6 is 0 Å². The number of para-hydroxylation sites is 4. The highest BCUT2D eigenvalue weighted by molar-refractivity contribution is 5.37. The Morgan fingerprint density at radius 2 is 0.694 bits per heavy atom. The van der Waals surface area contributed by atoms with Crippen LogP contribution in [0.3, 0.4) is 0 Å². The molecule has 0 aliphatic heterocycles. The molecular formula is C85H102F3N5O5. The van der Waals surface area contributed by atoms with Gasteiger partial charge in [-0.2, -0.15) is 13.2 Å². The van der Waals surface area contributed by atoms with Gasteiger partial charge in [0.15, 0.2) is 0 Å². The summed E-state index contributed by atoms with van der Waals surface area (Å²) in [6.45, 7) is -16.7. The second-order valence-electron chi connectivity index (χ2n) is 19.8. The Morgan fingerprint density at radius 3 is 1.09 bits per heavy atom. The number of alkyl halides is 3. The van der Waals surface area contributed by atoms with E-state index in [2.05, 4.69) is 10.6 Å². The molecule has 0 spiro atoms. The maximum Gasteiger partial charge on any atom is 0.416 e. The van der Waals surface area contributed by atoms with Crippen molar-refractivity contribution in [2.24, 2.45) is 0 Å². The van der Waals surface area contributed by atoms with Crippen LogP contribution < -0.4 is 50.3 Å². The molecule has 10 rings (SSSR count). The molecule has 10 aromatic rings. The van der Waals surface area contributed by atoms with Crippen LogP contribution in [0.2, 0.25) is 0 Å². The van der Waals surface area contributed by atoms with E-state index >= 15 is 0 Å². The van der Waals surface area contributed by atoms with E-state index in [0.717, 1.165) is 22.4 Å². The van der Waals surface area contributed by atoms with Gasteiger partial charge in [0.05, 0.1) is 34.3 Å². The number of halogens is 3. The number of hydrogen-bond acceptors (Lipinski definition) is 10. The Labute approximate surface area is 649 Å². The number of hydrogen-bond donors (Lipinski definition) is 5. The summed E-state index contributed by atoms with van der Waals surface area (Å²) < 4.78 is 444. The van der Waals surface area contributed by atoms with Crippen molar-refractivity contribution in [2.75, 3.05) is 67.5 Å². The first-order valence-electron chi connectivity index (χ1n) is 53.5. The number of rotatable bonds is 30. The fourth-order valence-corrected chi connectivity index (χ4v) is 7.99. The lowest BCUT2D eigenvalue weighted by atomic mass is 10.1. The van der Waals surface area contributed by atoms with Crippen LogP contribution in [-0.2, 0) is 6.18 Å². The molecule has 0 bridgehead atoms. The van der Waals surface area contributed by atoms with Gasteiger partial charge >= 0.3 is 6.18 Å². The molecule has 10 nitrogen and oxygen atoms in total. The first-order chi connectivity index (χ1) is 66.5. The van der Waals surface area contributed by atoms with E-state index in [1.165, 1.54) is 34.9 Å². The molecule has 0 heterocycles. The topological polar surface area (TPSA) is 106 Å². The van der Waals surface area contributed by atoms with Crippen molar-refractivity contribution in [3.63, 3.8) is 0 Å². The zero-order valence-corrected chi connectivity index (χ0v) is 53.2. The fraction of sp³-hybridized carbons (Fsp3) is 0.294. The highest BCUT2D eigenvalue weighted by atomic mass is 19.4.